The maximum absolute atomic E-state index is 15.1. The number of ether oxygens (including phenoxy) is 6. The zero-order chi connectivity index (χ0) is 66.7. The lowest BCUT2D eigenvalue weighted by molar-refractivity contribution is -0.0194. The summed E-state index contributed by atoms with van der Waals surface area (Å²) in [5, 5.41) is 182. The third-order valence-electron chi connectivity index (χ3n) is 16.1. The predicted molar refractivity (Wildman–Crippen MR) is 315 cm³/mol. The summed E-state index contributed by atoms with van der Waals surface area (Å²) < 4.78 is 36.8. The number of phenols is 15. The summed E-state index contributed by atoms with van der Waals surface area (Å²) in [6.45, 7) is 1.37. The van der Waals surface area contributed by atoms with Crippen molar-refractivity contribution >= 4 is 39.5 Å². The predicted octanol–water partition coefficient (Wildman–Crippen LogP) is 6.72. The molecule has 28 nitrogen and oxygen atoms in total. The van der Waals surface area contributed by atoms with Gasteiger partial charge >= 0.3 is 17.9 Å². The number of phenolic OH excluding ortho intramolecular Hbond substituents is 15. The van der Waals surface area contributed by atoms with E-state index in [1.165, 1.54) is 13.0 Å². The van der Waals surface area contributed by atoms with Crippen LogP contribution in [-0.2, 0) is 33.5 Å². The maximum Gasteiger partial charge on any atom is 0.338 e. The summed E-state index contributed by atoms with van der Waals surface area (Å²) in [5.41, 5.74) is -5.74. The van der Waals surface area contributed by atoms with Crippen LogP contribution in [-0.4, -0.2) is 123 Å². The van der Waals surface area contributed by atoms with Gasteiger partial charge in [0.15, 0.2) is 81.6 Å². The minimum absolute atomic E-state index is 0.0388. The molecule has 0 fully saturated rings. The van der Waals surface area contributed by atoms with Crippen LogP contribution in [0.15, 0.2) is 107 Å². The minimum Gasteiger partial charge on any atom is -0.508 e. The van der Waals surface area contributed by atoms with E-state index < -0.39 is 221 Å². The SMILES string of the molecule is Cc1cc(C(=O)O[C@@H]2Cc3c(O)cc(O)cc3O[C@@H]2c2cc(O)c(O)c3c(=O)c(O)cc(C(=O)O[C@H]4Cc5c(O)cc(O)cc5O[C@H]4c4cc(O)c(O)c5c(=O)c(O)cc([C@H]6Oc7cc(O)cc(O)c7C[C@H]6OC(=O)c6cc(O)c(O)c(O)c6)cc45)cc23)cc(O)c1O. The van der Waals surface area contributed by atoms with Gasteiger partial charge in [-0.1, -0.05) is 0 Å². The summed E-state index contributed by atoms with van der Waals surface area (Å²) in [6.07, 6.45) is -12.1. The topological polar surface area (TPSA) is 485 Å². The monoisotopic (exact) mass is 1280 g/mol. The average Bonchev–Trinajstić information content (AvgIpc) is 1.77. The Hall–Kier alpha value is -12.8. The van der Waals surface area contributed by atoms with Crippen molar-refractivity contribution in [1.82, 2.24) is 0 Å². The summed E-state index contributed by atoms with van der Waals surface area (Å²) in [5.74, 6) is -19.1. The van der Waals surface area contributed by atoms with Crippen LogP contribution in [0.3, 0.4) is 0 Å². The Balaban J connectivity index is 1.00. The number of aryl methyl sites for hydroxylation is 1. The highest BCUT2D eigenvalue weighted by Gasteiger charge is 2.43. The first-order valence-corrected chi connectivity index (χ1v) is 27.6. The second-order valence-corrected chi connectivity index (χ2v) is 22.1. The molecule has 0 radical (unpaired) electrons. The van der Waals surface area contributed by atoms with Crippen LogP contribution < -0.4 is 25.1 Å². The van der Waals surface area contributed by atoms with Gasteiger partial charge in [0, 0.05) is 89.0 Å². The number of hydrogen-bond donors (Lipinski definition) is 17. The van der Waals surface area contributed by atoms with Gasteiger partial charge in [-0.3, -0.25) is 9.59 Å². The van der Waals surface area contributed by atoms with Gasteiger partial charge < -0.3 is 115 Å². The molecule has 17 N–H and O–H groups in total. The Bertz CT molecular complexity index is 4840. The van der Waals surface area contributed by atoms with Crippen molar-refractivity contribution in [2.45, 2.75) is 62.8 Å². The first-order chi connectivity index (χ1) is 44.0. The first kappa shape index (κ1) is 60.5. The van der Waals surface area contributed by atoms with Crippen molar-refractivity contribution in [3.8, 4) is 115 Å². The molecule has 476 valence electrons. The normalized spacial score (nSPS) is 17.9. The van der Waals surface area contributed by atoms with Gasteiger partial charge in [-0.05, 0) is 83.9 Å². The second-order valence-electron chi connectivity index (χ2n) is 22.1. The van der Waals surface area contributed by atoms with Gasteiger partial charge in [-0.15, -0.1) is 0 Å². The number of hydrogen-bond acceptors (Lipinski definition) is 28. The van der Waals surface area contributed by atoms with Crippen molar-refractivity contribution in [2.75, 3.05) is 0 Å². The summed E-state index contributed by atoms with van der Waals surface area (Å²) in [4.78, 5) is 71.6. The Morgan fingerprint density at radius 1 is 0.355 bits per heavy atom. The standard InChI is InChI=1S/C65H48O28/c1-21-2-23(6-39(72)54(21)79)63(85)92-50-19-34-37(70)11-28(68)15-48(34)90-62(50)32-17-45(78)59(84)53-30(32)4-24(7-43(76)57(53)82)64(86)93-51-20-35-38(71)12-27(67)14-47(35)89-61(51)31-16-44(77)58(83)52-29(31)3-22(5-42(75)56(52)81)60-49(18-33-36(69)10-26(66)13-46(33)88-60)91-65(87)25-8-40(73)55(80)41(74)9-25/h2-17,49-51,60-62,66-74,77-80,83-84H,18-20H2,1H3,(H,75,81)(H,76,82)/t49-,50-,51+,60-,61+,62-/m1/s1. The molecule has 3 aliphatic heterocycles. The Labute approximate surface area is 518 Å². The lowest BCUT2D eigenvalue weighted by Gasteiger charge is -2.35. The van der Waals surface area contributed by atoms with Crippen molar-refractivity contribution in [1.29, 1.82) is 0 Å². The number of carbonyl (C=O) groups excluding carboxylic acids is 3. The van der Waals surface area contributed by atoms with E-state index in [1.54, 1.807) is 0 Å². The molecule has 0 saturated heterocycles. The number of carbonyl (C=O) groups is 3. The molecule has 9 aromatic rings. The molecule has 3 aliphatic rings. The third-order valence-corrected chi connectivity index (χ3v) is 16.1. The molecule has 0 bridgehead atoms. The Morgan fingerprint density at radius 2 is 0.688 bits per heavy atom. The lowest BCUT2D eigenvalue weighted by Crippen LogP contribution is -2.35. The van der Waals surface area contributed by atoms with Gasteiger partial charge in [-0.2, -0.15) is 0 Å². The minimum atomic E-state index is -1.90. The quantitative estimate of drug-likeness (QED) is 0.0405. The van der Waals surface area contributed by atoms with Gasteiger partial charge in [0.25, 0.3) is 0 Å². The van der Waals surface area contributed by atoms with Crippen LogP contribution in [0.4, 0.5) is 0 Å². The molecule has 6 atom stereocenters. The summed E-state index contributed by atoms with van der Waals surface area (Å²) >= 11 is 0. The van der Waals surface area contributed by atoms with Crippen molar-refractivity contribution < 1.29 is 130 Å². The number of benzene rings is 7. The molecule has 0 spiro atoms. The van der Waals surface area contributed by atoms with E-state index in [0.29, 0.717) is 6.07 Å². The lowest BCUT2D eigenvalue weighted by atomic mass is 9.89. The van der Waals surface area contributed by atoms with E-state index in [9.17, 15) is 106 Å². The fourth-order valence-corrected chi connectivity index (χ4v) is 11.7. The molecule has 0 unspecified atom stereocenters. The van der Waals surface area contributed by atoms with Crippen LogP contribution in [0.25, 0.3) is 21.5 Å². The van der Waals surface area contributed by atoms with Gasteiger partial charge in [-0.25, -0.2) is 14.4 Å². The van der Waals surface area contributed by atoms with Gasteiger partial charge in [0.1, 0.15) is 70.1 Å². The van der Waals surface area contributed by atoms with E-state index >= 15 is 4.79 Å². The number of esters is 3. The summed E-state index contributed by atoms with van der Waals surface area (Å²) in [7, 11) is 0. The summed E-state index contributed by atoms with van der Waals surface area (Å²) in [6, 6.07) is 14.5. The van der Waals surface area contributed by atoms with Crippen LogP contribution in [0.5, 0.6) is 115 Å². The van der Waals surface area contributed by atoms with E-state index in [-0.39, 0.29) is 56.2 Å². The second kappa shape index (κ2) is 22.4. The molecule has 0 saturated carbocycles. The van der Waals surface area contributed by atoms with Crippen LogP contribution >= 0.6 is 0 Å². The molecular formula is C65H48O28. The van der Waals surface area contributed by atoms with Crippen LogP contribution in [0.2, 0.25) is 0 Å². The smallest absolute Gasteiger partial charge is 0.338 e. The maximum atomic E-state index is 15.1. The van der Waals surface area contributed by atoms with E-state index in [1.807, 2.05) is 0 Å². The van der Waals surface area contributed by atoms with Gasteiger partial charge in [0.05, 0.1) is 27.5 Å². The largest absolute Gasteiger partial charge is 0.508 e. The van der Waals surface area contributed by atoms with E-state index in [2.05, 4.69) is 0 Å². The fourth-order valence-electron chi connectivity index (χ4n) is 11.7. The highest BCUT2D eigenvalue weighted by atomic mass is 16.6. The van der Waals surface area contributed by atoms with E-state index in [0.717, 1.165) is 84.9 Å². The zero-order valence-corrected chi connectivity index (χ0v) is 47.4. The molecule has 0 amide bonds. The highest BCUT2D eigenvalue weighted by molar-refractivity contribution is 6.00. The Kier molecular flexibility index (Phi) is 14.6. The first-order valence-electron chi connectivity index (χ1n) is 27.6. The zero-order valence-electron chi connectivity index (χ0n) is 47.4. The molecule has 3 heterocycles. The van der Waals surface area contributed by atoms with E-state index in [4.69, 9.17) is 28.4 Å². The molecule has 12 rings (SSSR count). The van der Waals surface area contributed by atoms with Crippen molar-refractivity contribution in [3.05, 3.63) is 173 Å². The number of aromatic hydroxyl groups is 17. The fraction of sp³-hybridized carbons (Fsp3) is 0.154. The highest BCUT2D eigenvalue weighted by Crippen LogP contribution is 2.51. The van der Waals surface area contributed by atoms with Crippen molar-refractivity contribution in [2.24, 2.45) is 0 Å². The molecular weight excluding hydrogens is 1230 g/mol. The Morgan fingerprint density at radius 3 is 1.11 bits per heavy atom. The van der Waals surface area contributed by atoms with Crippen molar-refractivity contribution in [3.63, 3.8) is 0 Å². The molecule has 9 aromatic carbocycles. The molecule has 0 aliphatic carbocycles. The average molecular weight is 1280 g/mol. The molecule has 28 heteroatoms. The molecule has 0 aromatic heterocycles. The van der Waals surface area contributed by atoms with Gasteiger partial charge in [0.2, 0.25) is 10.9 Å². The third kappa shape index (κ3) is 10.6. The molecule has 93 heavy (non-hydrogen) atoms. The van der Waals surface area contributed by atoms with Crippen LogP contribution in [0, 0.1) is 6.92 Å². The number of fused-ring (bicyclic) bond motifs is 5. The number of rotatable bonds is 9. The van der Waals surface area contributed by atoms with Crippen LogP contribution in [0.1, 0.15) is 88.3 Å².